The van der Waals surface area contributed by atoms with Crippen molar-refractivity contribution in [2.75, 3.05) is 0 Å². The van der Waals surface area contributed by atoms with Gasteiger partial charge in [0.15, 0.2) is 0 Å². The van der Waals surface area contributed by atoms with Crippen molar-refractivity contribution in [2.45, 2.75) is 38.0 Å². The molecule has 21 heavy (non-hydrogen) atoms. The average molecular weight is 398 g/mol. The molecule has 1 aliphatic rings. The third kappa shape index (κ3) is 3.33. The van der Waals surface area contributed by atoms with Gasteiger partial charge in [0, 0.05) is 12.3 Å². The number of rotatable bonds is 3. The molecule has 0 saturated heterocycles. The molecule has 1 saturated carbocycles. The van der Waals surface area contributed by atoms with Crippen LogP contribution in [0.3, 0.4) is 0 Å². The van der Waals surface area contributed by atoms with Gasteiger partial charge in [-0.25, -0.2) is 9.37 Å². The lowest BCUT2D eigenvalue weighted by Crippen LogP contribution is -2.19. The topological polar surface area (TPSA) is 45.8 Å². The van der Waals surface area contributed by atoms with Crippen molar-refractivity contribution in [2.24, 2.45) is 0 Å². The summed E-state index contributed by atoms with van der Waals surface area (Å²) in [5, 5.41) is 0. The number of nitrogens with one attached hydrogen (secondary N) is 1. The van der Waals surface area contributed by atoms with E-state index in [9.17, 15) is 9.18 Å². The Morgan fingerprint density at radius 2 is 1.90 bits per heavy atom. The lowest BCUT2D eigenvalue weighted by molar-refractivity contribution is 0.627. The predicted octanol–water partition coefficient (Wildman–Crippen LogP) is 3.76. The van der Waals surface area contributed by atoms with Crippen molar-refractivity contribution in [3.8, 4) is 0 Å². The van der Waals surface area contributed by atoms with Crippen LogP contribution >= 0.6 is 22.6 Å². The summed E-state index contributed by atoms with van der Waals surface area (Å²) in [5.41, 5.74) is 1.82. The molecule has 0 aliphatic heterocycles. The number of nitrogens with zero attached hydrogens (tertiary/aromatic N) is 1. The highest BCUT2D eigenvalue weighted by Crippen LogP contribution is 2.34. The van der Waals surface area contributed by atoms with Gasteiger partial charge in [0.1, 0.15) is 11.6 Å². The molecular formula is C16H16FIN2O. The fourth-order valence-electron chi connectivity index (χ4n) is 2.87. The van der Waals surface area contributed by atoms with E-state index in [4.69, 9.17) is 0 Å². The molecule has 0 bridgehead atoms. The maximum Gasteiger partial charge on any atom is 0.264 e. The fraction of sp³-hybridized carbons (Fsp3) is 0.375. The Morgan fingerprint density at radius 1 is 1.24 bits per heavy atom. The van der Waals surface area contributed by atoms with E-state index in [2.05, 4.69) is 32.6 Å². The van der Waals surface area contributed by atoms with Gasteiger partial charge in [0.25, 0.3) is 5.56 Å². The quantitative estimate of drug-likeness (QED) is 0.801. The van der Waals surface area contributed by atoms with E-state index in [0.717, 1.165) is 24.1 Å². The van der Waals surface area contributed by atoms with E-state index >= 15 is 0 Å². The molecule has 3 rings (SSSR count). The van der Waals surface area contributed by atoms with Crippen LogP contribution in [0.25, 0.3) is 0 Å². The summed E-state index contributed by atoms with van der Waals surface area (Å²) in [5.74, 6) is 0.814. The molecule has 0 spiro atoms. The monoisotopic (exact) mass is 398 g/mol. The Labute approximate surface area is 136 Å². The van der Waals surface area contributed by atoms with Crippen molar-refractivity contribution in [1.82, 2.24) is 9.97 Å². The maximum atomic E-state index is 12.9. The average Bonchev–Trinajstić information content (AvgIpc) is 2.99. The van der Waals surface area contributed by atoms with Crippen molar-refractivity contribution >= 4 is 22.6 Å². The summed E-state index contributed by atoms with van der Waals surface area (Å²) in [7, 11) is 0. The molecule has 3 nitrogen and oxygen atoms in total. The number of hydrogen-bond acceptors (Lipinski definition) is 2. The summed E-state index contributed by atoms with van der Waals surface area (Å²) in [6, 6.07) is 6.31. The van der Waals surface area contributed by atoms with Gasteiger partial charge < -0.3 is 4.98 Å². The number of aromatic nitrogens is 2. The van der Waals surface area contributed by atoms with Gasteiger partial charge in [0.2, 0.25) is 0 Å². The molecule has 5 heteroatoms. The molecule has 2 aromatic rings. The lowest BCUT2D eigenvalue weighted by Gasteiger charge is -2.12. The normalized spacial score (nSPS) is 15.5. The zero-order chi connectivity index (χ0) is 14.8. The minimum atomic E-state index is -0.255. The molecule has 0 unspecified atom stereocenters. The van der Waals surface area contributed by atoms with E-state index < -0.39 is 0 Å². The van der Waals surface area contributed by atoms with Gasteiger partial charge in [-0.15, -0.1) is 0 Å². The first-order valence-corrected chi connectivity index (χ1v) is 8.24. The number of H-pyrrole nitrogens is 1. The Kier molecular flexibility index (Phi) is 4.37. The van der Waals surface area contributed by atoms with Crippen molar-refractivity contribution < 1.29 is 4.39 Å². The SMILES string of the molecule is O=c1[nH]c(Cc2ccc(F)cc2)nc(C2CCCC2)c1I. The third-order valence-electron chi connectivity index (χ3n) is 3.96. The Bertz CT molecular complexity index is 690. The van der Waals surface area contributed by atoms with E-state index in [1.54, 1.807) is 12.1 Å². The standard InChI is InChI=1S/C16H16FIN2O/c17-12-7-5-10(6-8-12)9-13-19-15(11-3-1-2-4-11)14(18)16(21)20-13/h5-8,11H,1-4,9H2,(H,19,20,21). The van der Waals surface area contributed by atoms with Crippen LogP contribution in [0.15, 0.2) is 29.1 Å². The Balaban J connectivity index is 1.92. The predicted molar refractivity (Wildman–Crippen MR) is 88.0 cm³/mol. The third-order valence-corrected chi connectivity index (χ3v) is 5.01. The van der Waals surface area contributed by atoms with Gasteiger partial charge in [-0.1, -0.05) is 25.0 Å². The van der Waals surface area contributed by atoms with Crippen LogP contribution in [0, 0.1) is 9.39 Å². The van der Waals surface area contributed by atoms with E-state index in [-0.39, 0.29) is 11.4 Å². The van der Waals surface area contributed by atoms with Gasteiger partial charge >= 0.3 is 0 Å². The molecule has 1 aromatic heterocycles. The van der Waals surface area contributed by atoms with Gasteiger partial charge in [0.05, 0.1) is 9.26 Å². The highest BCUT2D eigenvalue weighted by molar-refractivity contribution is 14.1. The molecule has 1 fully saturated rings. The summed E-state index contributed by atoms with van der Waals surface area (Å²) in [4.78, 5) is 19.6. The van der Waals surface area contributed by atoms with Crippen LogP contribution in [0.1, 0.15) is 48.7 Å². The maximum absolute atomic E-state index is 12.9. The van der Waals surface area contributed by atoms with Crippen LogP contribution in [-0.2, 0) is 6.42 Å². The van der Waals surface area contributed by atoms with E-state index in [0.29, 0.717) is 21.7 Å². The number of halogens is 2. The highest BCUT2D eigenvalue weighted by atomic mass is 127. The second-order valence-corrected chi connectivity index (χ2v) is 6.58. The largest absolute Gasteiger partial charge is 0.309 e. The summed E-state index contributed by atoms with van der Waals surface area (Å²) in [6.45, 7) is 0. The lowest BCUT2D eigenvalue weighted by atomic mass is 10.0. The van der Waals surface area contributed by atoms with Crippen molar-refractivity contribution in [3.63, 3.8) is 0 Å². The number of hydrogen-bond donors (Lipinski definition) is 1. The van der Waals surface area contributed by atoms with Crippen LogP contribution in [-0.4, -0.2) is 9.97 Å². The zero-order valence-electron chi connectivity index (χ0n) is 11.5. The van der Waals surface area contributed by atoms with Crippen LogP contribution < -0.4 is 5.56 Å². The Hall–Kier alpha value is -1.24. The summed E-state index contributed by atoms with van der Waals surface area (Å²) >= 11 is 2.09. The second kappa shape index (κ2) is 6.25. The Morgan fingerprint density at radius 3 is 2.57 bits per heavy atom. The van der Waals surface area contributed by atoms with E-state index in [1.807, 2.05) is 0 Å². The molecular weight excluding hydrogens is 382 g/mol. The first kappa shape index (κ1) is 14.7. The van der Waals surface area contributed by atoms with Crippen molar-refractivity contribution in [3.05, 3.63) is 61.1 Å². The van der Waals surface area contributed by atoms with Crippen LogP contribution in [0.5, 0.6) is 0 Å². The van der Waals surface area contributed by atoms with Gasteiger partial charge in [-0.05, 0) is 53.1 Å². The minimum absolute atomic E-state index is 0.0652. The van der Waals surface area contributed by atoms with Crippen molar-refractivity contribution in [1.29, 1.82) is 0 Å². The van der Waals surface area contributed by atoms with E-state index in [1.165, 1.54) is 25.0 Å². The number of benzene rings is 1. The molecule has 110 valence electrons. The number of aromatic amines is 1. The smallest absolute Gasteiger partial charge is 0.264 e. The first-order valence-electron chi connectivity index (χ1n) is 7.16. The molecule has 1 heterocycles. The molecule has 1 aromatic carbocycles. The van der Waals surface area contributed by atoms with Crippen LogP contribution in [0.4, 0.5) is 4.39 Å². The molecule has 1 aliphatic carbocycles. The zero-order valence-corrected chi connectivity index (χ0v) is 13.7. The first-order chi connectivity index (χ1) is 10.1. The highest BCUT2D eigenvalue weighted by Gasteiger charge is 2.22. The molecule has 0 atom stereocenters. The summed E-state index contributed by atoms with van der Waals surface area (Å²) in [6.07, 6.45) is 5.17. The minimum Gasteiger partial charge on any atom is -0.309 e. The molecule has 0 amide bonds. The molecule has 1 N–H and O–H groups in total. The second-order valence-electron chi connectivity index (χ2n) is 5.50. The molecule has 0 radical (unpaired) electrons. The van der Waals surface area contributed by atoms with Crippen LogP contribution in [0.2, 0.25) is 0 Å². The fourth-order valence-corrected chi connectivity index (χ4v) is 3.57. The summed E-state index contributed by atoms with van der Waals surface area (Å²) < 4.78 is 13.6. The van der Waals surface area contributed by atoms with Gasteiger partial charge in [-0.2, -0.15) is 0 Å². The van der Waals surface area contributed by atoms with Gasteiger partial charge in [-0.3, -0.25) is 4.79 Å².